The standard InChI is InChI=1S/C13H18Cl2N2/c1-17-4-2-10(3-5-17)9-16-13-7-11(14)6-12(15)8-13/h6-8,10,16H,2-5,9H2,1H3. The zero-order valence-electron chi connectivity index (χ0n) is 10.0. The zero-order valence-corrected chi connectivity index (χ0v) is 11.6. The molecule has 0 amide bonds. The molecule has 1 aromatic carbocycles. The number of nitrogens with one attached hydrogen (secondary N) is 1. The third-order valence-corrected chi connectivity index (χ3v) is 3.73. The van der Waals surface area contributed by atoms with E-state index in [2.05, 4.69) is 17.3 Å². The van der Waals surface area contributed by atoms with E-state index in [-0.39, 0.29) is 0 Å². The smallest absolute Gasteiger partial charge is 0.0441 e. The molecular weight excluding hydrogens is 255 g/mol. The van der Waals surface area contributed by atoms with Crippen molar-refractivity contribution in [3.05, 3.63) is 28.2 Å². The Labute approximate surface area is 113 Å². The van der Waals surface area contributed by atoms with Gasteiger partial charge in [0.05, 0.1) is 0 Å². The van der Waals surface area contributed by atoms with Gasteiger partial charge < -0.3 is 10.2 Å². The van der Waals surface area contributed by atoms with Gasteiger partial charge in [0.2, 0.25) is 0 Å². The quantitative estimate of drug-likeness (QED) is 0.902. The van der Waals surface area contributed by atoms with Crippen LogP contribution >= 0.6 is 23.2 Å². The van der Waals surface area contributed by atoms with Crippen molar-refractivity contribution in [2.24, 2.45) is 5.92 Å². The van der Waals surface area contributed by atoms with Crippen LogP contribution in [-0.2, 0) is 0 Å². The highest BCUT2D eigenvalue weighted by molar-refractivity contribution is 6.35. The van der Waals surface area contributed by atoms with E-state index in [9.17, 15) is 0 Å². The normalized spacial score (nSPS) is 18.3. The molecule has 4 heteroatoms. The van der Waals surface area contributed by atoms with Crippen LogP contribution in [-0.4, -0.2) is 31.6 Å². The van der Waals surface area contributed by atoms with Gasteiger partial charge in [0.1, 0.15) is 0 Å². The lowest BCUT2D eigenvalue weighted by Gasteiger charge is -2.29. The van der Waals surface area contributed by atoms with Crippen molar-refractivity contribution in [2.45, 2.75) is 12.8 Å². The number of nitrogens with zero attached hydrogens (tertiary/aromatic N) is 1. The molecule has 1 heterocycles. The monoisotopic (exact) mass is 272 g/mol. The topological polar surface area (TPSA) is 15.3 Å². The van der Waals surface area contributed by atoms with Crippen LogP contribution in [0.5, 0.6) is 0 Å². The van der Waals surface area contributed by atoms with Crippen LogP contribution in [0, 0.1) is 5.92 Å². The highest BCUT2D eigenvalue weighted by atomic mass is 35.5. The maximum Gasteiger partial charge on any atom is 0.0441 e. The minimum absolute atomic E-state index is 0.684. The average Bonchev–Trinajstić information content (AvgIpc) is 2.27. The molecule has 0 aromatic heterocycles. The fraction of sp³-hybridized carbons (Fsp3) is 0.538. The van der Waals surface area contributed by atoms with Gasteiger partial charge in [0.25, 0.3) is 0 Å². The fourth-order valence-electron chi connectivity index (χ4n) is 2.18. The second-order valence-electron chi connectivity index (χ2n) is 4.79. The van der Waals surface area contributed by atoms with E-state index < -0.39 is 0 Å². The predicted molar refractivity (Wildman–Crippen MR) is 75.2 cm³/mol. The van der Waals surface area contributed by atoms with Gasteiger partial charge >= 0.3 is 0 Å². The summed E-state index contributed by atoms with van der Waals surface area (Å²) in [4.78, 5) is 2.38. The summed E-state index contributed by atoms with van der Waals surface area (Å²) in [5.74, 6) is 0.754. The first-order valence-corrected chi connectivity index (χ1v) is 6.77. The Kier molecular flexibility index (Phi) is 4.55. The largest absolute Gasteiger partial charge is 0.385 e. The summed E-state index contributed by atoms with van der Waals surface area (Å²) in [6.45, 7) is 3.40. The first kappa shape index (κ1) is 13.0. The van der Waals surface area contributed by atoms with Crippen LogP contribution in [0.15, 0.2) is 18.2 Å². The number of hydrogen-bond donors (Lipinski definition) is 1. The molecule has 1 saturated heterocycles. The number of anilines is 1. The highest BCUT2D eigenvalue weighted by Crippen LogP contribution is 2.23. The number of benzene rings is 1. The molecule has 0 spiro atoms. The number of halogens is 2. The number of piperidine rings is 1. The summed E-state index contributed by atoms with van der Waals surface area (Å²) < 4.78 is 0. The van der Waals surface area contributed by atoms with Gasteiger partial charge in [-0.25, -0.2) is 0 Å². The maximum atomic E-state index is 5.96. The number of rotatable bonds is 3. The lowest BCUT2D eigenvalue weighted by Crippen LogP contribution is -2.32. The summed E-state index contributed by atoms with van der Waals surface area (Å²) in [7, 11) is 2.18. The Morgan fingerprint density at radius 1 is 1.18 bits per heavy atom. The summed E-state index contributed by atoms with van der Waals surface area (Å²) in [5.41, 5.74) is 1.02. The number of likely N-dealkylation sites (tertiary alicyclic amines) is 1. The maximum absolute atomic E-state index is 5.96. The van der Waals surface area contributed by atoms with Crippen molar-refractivity contribution >= 4 is 28.9 Å². The molecule has 0 saturated carbocycles. The zero-order chi connectivity index (χ0) is 12.3. The lowest BCUT2D eigenvalue weighted by molar-refractivity contribution is 0.226. The van der Waals surface area contributed by atoms with E-state index in [1.165, 1.54) is 25.9 Å². The minimum atomic E-state index is 0.684. The van der Waals surface area contributed by atoms with E-state index in [4.69, 9.17) is 23.2 Å². The third-order valence-electron chi connectivity index (χ3n) is 3.30. The first-order chi connectivity index (χ1) is 8.13. The fourth-order valence-corrected chi connectivity index (χ4v) is 2.71. The van der Waals surface area contributed by atoms with E-state index >= 15 is 0 Å². The van der Waals surface area contributed by atoms with Gasteiger partial charge in [-0.3, -0.25) is 0 Å². The Morgan fingerprint density at radius 2 is 1.76 bits per heavy atom. The van der Waals surface area contributed by atoms with Gasteiger partial charge in [-0.05, 0) is 57.1 Å². The Morgan fingerprint density at radius 3 is 2.35 bits per heavy atom. The third kappa shape index (κ3) is 4.06. The van der Waals surface area contributed by atoms with E-state index in [0.717, 1.165) is 18.2 Å². The van der Waals surface area contributed by atoms with Crippen molar-refractivity contribution in [1.29, 1.82) is 0 Å². The minimum Gasteiger partial charge on any atom is -0.385 e. The molecule has 0 radical (unpaired) electrons. The lowest BCUT2D eigenvalue weighted by atomic mass is 9.97. The van der Waals surface area contributed by atoms with Crippen molar-refractivity contribution in [1.82, 2.24) is 4.90 Å². The molecule has 17 heavy (non-hydrogen) atoms. The van der Waals surface area contributed by atoms with Crippen LogP contribution < -0.4 is 5.32 Å². The SMILES string of the molecule is CN1CCC(CNc2cc(Cl)cc(Cl)c2)CC1. The van der Waals surface area contributed by atoms with Gasteiger partial charge in [0.15, 0.2) is 0 Å². The van der Waals surface area contributed by atoms with Crippen molar-refractivity contribution in [2.75, 3.05) is 32.0 Å². The van der Waals surface area contributed by atoms with E-state index in [0.29, 0.717) is 10.0 Å². The molecule has 1 fully saturated rings. The molecule has 1 aromatic rings. The summed E-state index contributed by atoms with van der Waals surface area (Å²) in [6, 6.07) is 5.59. The second-order valence-corrected chi connectivity index (χ2v) is 5.66. The van der Waals surface area contributed by atoms with Crippen LogP contribution in [0.3, 0.4) is 0 Å². The van der Waals surface area contributed by atoms with E-state index in [1.807, 2.05) is 12.1 Å². The van der Waals surface area contributed by atoms with Crippen molar-refractivity contribution in [3.63, 3.8) is 0 Å². The molecule has 2 nitrogen and oxygen atoms in total. The van der Waals surface area contributed by atoms with Crippen LogP contribution in [0.2, 0.25) is 10.0 Å². The summed E-state index contributed by atoms with van der Waals surface area (Å²) in [5, 5.41) is 4.79. The van der Waals surface area contributed by atoms with Crippen LogP contribution in [0.25, 0.3) is 0 Å². The predicted octanol–water partition coefficient (Wildman–Crippen LogP) is 3.75. The molecule has 0 aliphatic carbocycles. The molecule has 0 bridgehead atoms. The molecule has 2 rings (SSSR count). The molecule has 0 atom stereocenters. The molecule has 94 valence electrons. The van der Waals surface area contributed by atoms with Crippen LogP contribution in [0.4, 0.5) is 5.69 Å². The van der Waals surface area contributed by atoms with Gasteiger partial charge in [-0.2, -0.15) is 0 Å². The average molecular weight is 273 g/mol. The van der Waals surface area contributed by atoms with Gasteiger partial charge in [0, 0.05) is 22.3 Å². The summed E-state index contributed by atoms with van der Waals surface area (Å²) in [6.07, 6.45) is 2.52. The van der Waals surface area contributed by atoms with Crippen LogP contribution in [0.1, 0.15) is 12.8 Å². The Hall–Kier alpha value is -0.440. The van der Waals surface area contributed by atoms with E-state index in [1.54, 1.807) is 6.07 Å². The molecule has 1 N–H and O–H groups in total. The van der Waals surface area contributed by atoms with Gasteiger partial charge in [-0.1, -0.05) is 23.2 Å². The molecular formula is C13H18Cl2N2. The Balaban J connectivity index is 1.85. The summed E-state index contributed by atoms with van der Waals surface area (Å²) >= 11 is 11.9. The van der Waals surface area contributed by atoms with Gasteiger partial charge in [-0.15, -0.1) is 0 Å². The molecule has 0 unspecified atom stereocenters. The second kappa shape index (κ2) is 5.94. The number of hydrogen-bond acceptors (Lipinski definition) is 2. The first-order valence-electron chi connectivity index (χ1n) is 6.02. The molecule has 1 aliphatic heterocycles. The highest BCUT2D eigenvalue weighted by Gasteiger charge is 2.16. The molecule has 1 aliphatic rings. The Bertz CT molecular complexity index is 353. The van der Waals surface area contributed by atoms with Crippen molar-refractivity contribution in [3.8, 4) is 0 Å². The van der Waals surface area contributed by atoms with Crippen molar-refractivity contribution < 1.29 is 0 Å².